The topological polar surface area (TPSA) is 73.9 Å². The number of H-pyrrole nitrogens is 1. The zero-order valence-electron chi connectivity index (χ0n) is 13.0. The van der Waals surface area contributed by atoms with Gasteiger partial charge in [-0.25, -0.2) is 4.39 Å². The standard InChI is InChI=1S/C17H16FN5O/c1-23(11-12-7-3-2-4-8-12)17(24)15-16(21-22-20-15)19-14-10-6-5-9-13(14)18/h2-10H,11H2,1H3,(H2,19,20,21,22). The van der Waals surface area contributed by atoms with E-state index in [0.29, 0.717) is 6.54 Å². The first-order valence-electron chi connectivity index (χ1n) is 7.37. The minimum Gasteiger partial charge on any atom is -0.336 e. The molecule has 3 aromatic rings. The van der Waals surface area contributed by atoms with Gasteiger partial charge < -0.3 is 10.2 Å². The lowest BCUT2D eigenvalue weighted by molar-refractivity contribution is 0.0780. The van der Waals surface area contributed by atoms with E-state index in [9.17, 15) is 9.18 Å². The summed E-state index contributed by atoms with van der Waals surface area (Å²) in [7, 11) is 1.68. The minimum atomic E-state index is -0.434. The van der Waals surface area contributed by atoms with Crippen molar-refractivity contribution in [1.82, 2.24) is 20.3 Å². The number of aromatic nitrogens is 3. The Balaban J connectivity index is 1.77. The molecule has 0 saturated heterocycles. The molecule has 3 rings (SSSR count). The maximum atomic E-state index is 13.7. The van der Waals surface area contributed by atoms with Crippen LogP contribution in [-0.4, -0.2) is 33.3 Å². The molecule has 0 aliphatic rings. The van der Waals surface area contributed by atoms with Gasteiger partial charge in [0.2, 0.25) is 0 Å². The first-order valence-corrected chi connectivity index (χ1v) is 7.37. The lowest BCUT2D eigenvalue weighted by atomic mass is 10.2. The summed E-state index contributed by atoms with van der Waals surface area (Å²) in [6.45, 7) is 0.436. The molecule has 0 fully saturated rings. The second-order valence-electron chi connectivity index (χ2n) is 5.27. The van der Waals surface area contributed by atoms with Crippen LogP contribution >= 0.6 is 0 Å². The van der Waals surface area contributed by atoms with Gasteiger partial charge in [-0.05, 0) is 17.7 Å². The highest BCUT2D eigenvalue weighted by molar-refractivity contribution is 5.97. The number of halogens is 1. The van der Waals surface area contributed by atoms with Crippen molar-refractivity contribution in [1.29, 1.82) is 0 Å². The number of benzene rings is 2. The summed E-state index contributed by atoms with van der Waals surface area (Å²) in [5.41, 5.74) is 1.34. The van der Waals surface area contributed by atoms with Crippen LogP contribution in [0.4, 0.5) is 15.9 Å². The molecule has 0 aliphatic carbocycles. The Morgan fingerprint density at radius 2 is 1.83 bits per heavy atom. The zero-order valence-corrected chi connectivity index (χ0v) is 13.0. The van der Waals surface area contributed by atoms with Gasteiger partial charge in [0, 0.05) is 13.6 Å². The van der Waals surface area contributed by atoms with Gasteiger partial charge in [0.1, 0.15) is 5.82 Å². The van der Waals surface area contributed by atoms with Crippen molar-refractivity contribution in [3.8, 4) is 0 Å². The van der Waals surface area contributed by atoms with Gasteiger partial charge in [-0.3, -0.25) is 4.79 Å². The van der Waals surface area contributed by atoms with E-state index in [1.807, 2.05) is 30.3 Å². The van der Waals surface area contributed by atoms with Gasteiger partial charge in [-0.2, -0.15) is 5.21 Å². The van der Waals surface area contributed by atoms with Crippen LogP contribution in [0, 0.1) is 5.82 Å². The molecule has 122 valence electrons. The Labute approximate surface area is 138 Å². The van der Waals surface area contributed by atoms with Crippen molar-refractivity contribution in [2.75, 3.05) is 12.4 Å². The predicted octanol–water partition coefficient (Wildman–Crippen LogP) is 2.96. The number of hydrogen-bond acceptors (Lipinski definition) is 4. The molecule has 1 aromatic heterocycles. The van der Waals surface area contributed by atoms with Crippen molar-refractivity contribution < 1.29 is 9.18 Å². The highest BCUT2D eigenvalue weighted by Gasteiger charge is 2.21. The summed E-state index contributed by atoms with van der Waals surface area (Å²) in [6.07, 6.45) is 0. The van der Waals surface area contributed by atoms with E-state index in [1.54, 1.807) is 25.2 Å². The number of nitrogens with zero attached hydrogens (tertiary/aromatic N) is 3. The van der Waals surface area contributed by atoms with Gasteiger partial charge in [-0.15, -0.1) is 10.2 Å². The fourth-order valence-electron chi connectivity index (χ4n) is 2.27. The van der Waals surface area contributed by atoms with E-state index in [-0.39, 0.29) is 23.1 Å². The number of nitrogens with one attached hydrogen (secondary N) is 2. The van der Waals surface area contributed by atoms with Crippen molar-refractivity contribution in [3.63, 3.8) is 0 Å². The molecule has 2 aromatic carbocycles. The van der Waals surface area contributed by atoms with Crippen LogP contribution in [0.15, 0.2) is 54.6 Å². The Bertz CT molecular complexity index is 834. The molecular formula is C17H16FN5O. The molecule has 0 aliphatic heterocycles. The number of para-hydroxylation sites is 1. The second kappa shape index (κ2) is 6.91. The molecule has 1 heterocycles. The van der Waals surface area contributed by atoms with Crippen molar-refractivity contribution in [3.05, 3.63) is 71.7 Å². The van der Waals surface area contributed by atoms with Crippen molar-refractivity contribution in [2.45, 2.75) is 6.54 Å². The smallest absolute Gasteiger partial charge is 0.278 e. The van der Waals surface area contributed by atoms with Gasteiger partial charge in [0.05, 0.1) is 5.69 Å². The third-order valence-electron chi connectivity index (χ3n) is 3.49. The van der Waals surface area contributed by atoms with Crippen LogP contribution in [0.1, 0.15) is 16.1 Å². The molecule has 0 bridgehead atoms. The number of aromatic amines is 1. The number of carbonyl (C=O) groups excluding carboxylic acids is 1. The lowest BCUT2D eigenvalue weighted by Gasteiger charge is -2.16. The summed E-state index contributed by atoms with van der Waals surface area (Å²) in [6, 6.07) is 15.8. The van der Waals surface area contributed by atoms with Gasteiger partial charge >= 0.3 is 0 Å². The molecule has 6 nitrogen and oxygen atoms in total. The maximum absolute atomic E-state index is 13.7. The third kappa shape index (κ3) is 3.40. The van der Waals surface area contributed by atoms with E-state index in [2.05, 4.69) is 20.7 Å². The fraction of sp³-hybridized carbons (Fsp3) is 0.118. The highest BCUT2D eigenvalue weighted by Crippen LogP contribution is 2.20. The van der Waals surface area contributed by atoms with E-state index >= 15 is 0 Å². The molecule has 2 N–H and O–H groups in total. The van der Waals surface area contributed by atoms with Crippen molar-refractivity contribution in [2.24, 2.45) is 0 Å². The van der Waals surface area contributed by atoms with Crippen molar-refractivity contribution >= 4 is 17.4 Å². The van der Waals surface area contributed by atoms with E-state index in [4.69, 9.17) is 0 Å². The molecule has 0 atom stereocenters. The zero-order chi connectivity index (χ0) is 16.9. The molecule has 7 heteroatoms. The lowest BCUT2D eigenvalue weighted by Crippen LogP contribution is -2.27. The Morgan fingerprint density at radius 3 is 2.58 bits per heavy atom. The van der Waals surface area contributed by atoms with Gasteiger partial charge in [0.15, 0.2) is 11.5 Å². The molecule has 0 saturated carbocycles. The molecule has 0 unspecified atom stereocenters. The van der Waals surface area contributed by atoms with Crippen LogP contribution in [0.5, 0.6) is 0 Å². The van der Waals surface area contributed by atoms with Gasteiger partial charge in [0.25, 0.3) is 5.91 Å². The number of rotatable bonds is 5. The Kier molecular flexibility index (Phi) is 4.51. The quantitative estimate of drug-likeness (QED) is 0.756. The van der Waals surface area contributed by atoms with Crippen LogP contribution in [0.3, 0.4) is 0 Å². The largest absolute Gasteiger partial charge is 0.336 e. The van der Waals surface area contributed by atoms with E-state index in [1.165, 1.54) is 11.0 Å². The summed E-state index contributed by atoms with van der Waals surface area (Å²) >= 11 is 0. The van der Waals surface area contributed by atoms with Crippen LogP contribution < -0.4 is 5.32 Å². The Hall–Kier alpha value is -3.22. The maximum Gasteiger partial charge on any atom is 0.278 e. The second-order valence-corrected chi connectivity index (χ2v) is 5.27. The average molecular weight is 325 g/mol. The van der Waals surface area contributed by atoms with Gasteiger partial charge in [-0.1, -0.05) is 42.5 Å². The molecule has 24 heavy (non-hydrogen) atoms. The summed E-state index contributed by atoms with van der Waals surface area (Å²) in [5, 5.41) is 13.0. The number of anilines is 2. The molecule has 0 spiro atoms. The molecular weight excluding hydrogens is 309 g/mol. The summed E-state index contributed by atoms with van der Waals surface area (Å²) in [4.78, 5) is 14.1. The monoisotopic (exact) mass is 325 g/mol. The highest BCUT2D eigenvalue weighted by atomic mass is 19.1. The first-order chi connectivity index (χ1) is 11.6. The Morgan fingerprint density at radius 1 is 1.12 bits per heavy atom. The minimum absolute atomic E-state index is 0.108. The number of hydrogen-bond donors (Lipinski definition) is 2. The van der Waals surface area contributed by atoms with E-state index < -0.39 is 5.82 Å². The number of amides is 1. The fourth-order valence-corrected chi connectivity index (χ4v) is 2.27. The normalized spacial score (nSPS) is 10.4. The van der Waals surface area contributed by atoms with E-state index in [0.717, 1.165) is 5.56 Å². The average Bonchev–Trinajstić information content (AvgIpc) is 3.05. The summed E-state index contributed by atoms with van der Waals surface area (Å²) in [5.74, 6) is -0.562. The third-order valence-corrected chi connectivity index (χ3v) is 3.49. The van der Waals surface area contributed by atoms with Crippen LogP contribution in [-0.2, 0) is 6.54 Å². The first kappa shape index (κ1) is 15.7. The van der Waals surface area contributed by atoms with Crippen LogP contribution in [0.2, 0.25) is 0 Å². The summed E-state index contributed by atoms with van der Waals surface area (Å²) < 4.78 is 13.7. The number of carbonyl (C=O) groups is 1. The molecule has 1 amide bonds. The SMILES string of the molecule is CN(Cc1ccccc1)C(=O)c1n[nH]nc1Nc1ccccc1F. The van der Waals surface area contributed by atoms with Crippen LogP contribution in [0.25, 0.3) is 0 Å². The predicted molar refractivity (Wildman–Crippen MR) is 88.3 cm³/mol. The molecule has 0 radical (unpaired) electrons.